The van der Waals surface area contributed by atoms with Crippen molar-refractivity contribution in [1.82, 2.24) is 0 Å². The van der Waals surface area contributed by atoms with Gasteiger partial charge in [-0.2, -0.15) is 0 Å². The number of hydrogen-bond donors (Lipinski definition) is 2. The van der Waals surface area contributed by atoms with E-state index < -0.39 is 21.8 Å². The summed E-state index contributed by atoms with van der Waals surface area (Å²) in [6, 6.07) is 17.7. The number of nitro benzene ring substituents is 2. The van der Waals surface area contributed by atoms with Crippen molar-refractivity contribution in [3.63, 3.8) is 0 Å². The Kier molecular flexibility index (Phi) is 16.6. The Balaban J connectivity index is 1.04. The third-order valence-electron chi connectivity index (χ3n) is 18.1. The molecule has 0 amide bonds. The Hall–Kier alpha value is -5.46. The molecule has 0 heterocycles. The van der Waals surface area contributed by atoms with Crippen molar-refractivity contribution in [3.8, 4) is 11.5 Å². The van der Waals surface area contributed by atoms with Crippen LogP contribution in [0.25, 0.3) is 5.57 Å². The zero-order valence-corrected chi connectivity index (χ0v) is 44.3. The SMILES string of the molecule is CC(C)CCCC(C)[C@H]1CC[C@H]2[C@@H]3CC[C@H]4C[C@@H](CCC=C(c5cc(Cl)c(OCc6cccc([N+](=O)[O-])c6)c(C(=O)O)c5)c5cc(Cl)c(OCc6cccc([N+](=O)[O-])c6)c(C(=O)O)c5)CC[C@]4(C)[C@H]3CC[C@]12C. The number of ether oxygens (including phenoxy) is 2. The average Bonchev–Trinajstić information content (AvgIpc) is 3.71. The molecule has 0 bridgehead atoms. The molecular weight excluding hydrogens is 968 g/mol. The third kappa shape index (κ3) is 11.6. The molecule has 0 saturated heterocycles. The van der Waals surface area contributed by atoms with Crippen LogP contribution >= 0.6 is 23.2 Å². The molecule has 4 aliphatic carbocycles. The number of carbonyl (C=O) groups is 2. The van der Waals surface area contributed by atoms with Crippen molar-refractivity contribution in [2.75, 3.05) is 0 Å². The van der Waals surface area contributed by atoms with E-state index in [4.69, 9.17) is 32.7 Å². The molecule has 4 aliphatic rings. The van der Waals surface area contributed by atoms with E-state index in [9.17, 15) is 40.0 Å². The lowest BCUT2D eigenvalue weighted by molar-refractivity contribution is -0.385. The summed E-state index contributed by atoms with van der Waals surface area (Å²) in [7, 11) is 0. The second-order valence-corrected chi connectivity index (χ2v) is 23.5. The zero-order valence-electron chi connectivity index (χ0n) is 42.7. The molecule has 0 aliphatic heterocycles. The molecule has 8 rings (SSSR count). The summed E-state index contributed by atoms with van der Waals surface area (Å²) in [6.45, 7) is 12.1. The highest BCUT2D eigenvalue weighted by Gasteiger charge is 2.60. The second-order valence-electron chi connectivity index (χ2n) is 22.7. The van der Waals surface area contributed by atoms with Gasteiger partial charge in [0.05, 0.1) is 19.9 Å². The normalized spacial score (nSPS) is 25.7. The highest BCUT2D eigenvalue weighted by molar-refractivity contribution is 6.33. The van der Waals surface area contributed by atoms with E-state index in [0.29, 0.717) is 56.9 Å². The maximum atomic E-state index is 12.9. The average molecular weight is 1040 g/mol. The van der Waals surface area contributed by atoms with Gasteiger partial charge >= 0.3 is 11.9 Å². The number of rotatable bonds is 20. The van der Waals surface area contributed by atoms with Gasteiger partial charge < -0.3 is 19.7 Å². The van der Waals surface area contributed by atoms with Crippen molar-refractivity contribution >= 4 is 52.1 Å². The topological polar surface area (TPSA) is 179 Å². The van der Waals surface area contributed by atoms with Crippen LogP contribution in [0.5, 0.6) is 11.5 Å². The molecule has 2 N–H and O–H groups in total. The molecule has 14 heteroatoms. The lowest BCUT2D eigenvalue weighted by Crippen LogP contribution is -2.53. The van der Waals surface area contributed by atoms with E-state index in [0.717, 1.165) is 54.8 Å². The third-order valence-corrected chi connectivity index (χ3v) is 18.6. The van der Waals surface area contributed by atoms with Gasteiger partial charge in [0, 0.05) is 24.3 Å². The monoisotopic (exact) mass is 1040 g/mol. The van der Waals surface area contributed by atoms with Crippen molar-refractivity contribution in [1.29, 1.82) is 0 Å². The number of nitrogens with zero attached hydrogens (tertiary/aromatic N) is 2. The highest BCUT2D eigenvalue weighted by Crippen LogP contribution is 2.69. The van der Waals surface area contributed by atoms with Gasteiger partial charge in [0.25, 0.3) is 11.4 Å². The predicted octanol–water partition coefficient (Wildman–Crippen LogP) is 16.3. The number of halogens is 2. The molecule has 390 valence electrons. The van der Waals surface area contributed by atoms with Gasteiger partial charge in [0.15, 0.2) is 11.5 Å². The first-order valence-corrected chi connectivity index (χ1v) is 27.1. The fourth-order valence-corrected chi connectivity index (χ4v) is 15.0. The number of fused-ring (bicyclic) bond motifs is 5. The van der Waals surface area contributed by atoms with Crippen molar-refractivity contribution in [2.24, 2.45) is 58.2 Å². The minimum Gasteiger partial charge on any atom is -0.486 e. The molecule has 73 heavy (non-hydrogen) atoms. The number of allylic oxidation sites excluding steroid dienone is 1. The molecule has 4 saturated carbocycles. The molecule has 9 atom stereocenters. The second kappa shape index (κ2) is 22.6. The van der Waals surface area contributed by atoms with Crippen LogP contribution in [-0.2, 0) is 13.2 Å². The summed E-state index contributed by atoms with van der Waals surface area (Å²) in [4.78, 5) is 47.7. The Morgan fingerprint density at radius 2 is 1.27 bits per heavy atom. The van der Waals surface area contributed by atoms with Crippen LogP contribution in [0.2, 0.25) is 10.0 Å². The number of hydrogen-bond acceptors (Lipinski definition) is 8. The minimum absolute atomic E-state index is 0.0258. The Morgan fingerprint density at radius 1 is 0.726 bits per heavy atom. The fraction of sp³-hybridized carbons (Fsp3) is 0.525. The quantitative estimate of drug-likeness (QED) is 0.0639. The van der Waals surface area contributed by atoms with Crippen molar-refractivity contribution in [3.05, 3.63) is 143 Å². The van der Waals surface area contributed by atoms with Gasteiger partial charge in [-0.1, -0.05) is 107 Å². The summed E-state index contributed by atoms with van der Waals surface area (Å²) in [6.07, 6.45) is 19.1. The number of aromatic carboxylic acids is 2. The van der Waals surface area contributed by atoms with Crippen LogP contribution in [0.15, 0.2) is 78.9 Å². The molecule has 0 radical (unpaired) electrons. The first-order chi connectivity index (χ1) is 34.8. The maximum absolute atomic E-state index is 12.9. The van der Waals surface area contributed by atoms with Crippen LogP contribution in [0.4, 0.5) is 11.4 Å². The van der Waals surface area contributed by atoms with Gasteiger partial charge in [0.1, 0.15) is 24.3 Å². The van der Waals surface area contributed by atoms with Crippen LogP contribution in [0, 0.1) is 78.4 Å². The highest BCUT2D eigenvalue weighted by atomic mass is 35.5. The maximum Gasteiger partial charge on any atom is 0.339 e. The number of benzene rings is 4. The molecule has 1 unspecified atom stereocenters. The molecule has 0 spiro atoms. The first kappa shape index (κ1) is 53.8. The smallest absolute Gasteiger partial charge is 0.339 e. The van der Waals surface area contributed by atoms with Crippen LogP contribution in [0.1, 0.15) is 167 Å². The van der Waals surface area contributed by atoms with E-state index in [1.807, 2.05) is 6.08 Å². The Labute approximate surface area is 439 Å². The molecule has 4 fully saturated rings. The van der Waals surface area contributed by atoms with E-state index in [1.54, 1.807) is 24.3 Å². The summed E-state index contributed by atoms with van der Waals surface area (Å²) in [5, 5.41) is 43.9. The van der Waals surface area contributed by atoms with E-state index >= 15 is 0 Å². The van der Waals surface area contributed by atoms with Gasteiger partial charge in [-0.05, 0) is 181 Å². The number of carboxylic acid groups (broad SMARTS) is 2. The van der Waals surface area contributed by atoms with Crippen molar-refractivity contribution in [2.45, 2.75) is 138 Å². The zero-order chi connectivity index (χ0) is 52.4. The van der Waals surface area contributed by atoms with Gasteiger partial charge in [-0.25, -0.2) is 9.59 Å². The summed E-state index contributed by atoms with van der Waals surface area (Å²) < 4.78 is 11.9. The van der Waals surface area contributed by atoms with E-state index in [2.05, 4.69) is 34.6 Å². The Bertz CT molecular complexity index is 2630. The van der Waals surface area contributed by atoms with Crippen molar-refractivity contribution < 1.29 is 39.1 Å². The Morgan fingerprint density at radius 3 is 1.81 bits per heavy atom. The van der Waals surface area contributed by atoms with Gasteiger partial charge in [-0.15, -0.1) is 0 Å². The number of non-ortho nitro benzene ring substituents is 2. The van der Waals surface area contributed by atoms with E-state index in [1.165, 1.54) is 113 Å². The minimum atomic E-state index is -1.33. The molecular formula is C59H70Cl2N2O10. The standard InChI is InChI=1S/C59H70Cl2N2O10/c1-35(2)10-6-11-36(3)49-20-21-50-46-19-18-42-26-37(22-24-58(42,4)51(46)23-25-59(49,50)5)12-9-17-45(40-29-47(56(64)65)54(52(60)31-40)72-33-38-13-7-15-43(27-38)62(68)69)41-30-48(57(66)67)55(53(61)32-41)73-34-39-14-8-16-44(28-39)63(70)71/h7-8,13-17,27-32,35-37,42,46,49-51H,6,9-12,18-26,33-34H2,1-5H3,(H,64,65)(H,66,67)/t36?,37-,42-,46-,49+,50-,51-,58-,59+/m0/s1. The largest absolute Gasteiger partial charge is 0.486 e. The predicted molar refractivity (Wildman–Crippen MR) is 285 cm³/mol. The molecule has 12 nitrogen and oxygen atoms in total. The van der Waals surface area contributed by atoms with E-state index in [-0.39, 0.29) is 57.3 Å². The lowest BCUT2D eigenvalue weighted by atomic mass is 9.44. The van der Waals surface area contributed by atoms with Crippen LogP contribution in [0.3, 0.4) is 0 Å². The summed E-state index contributed by atoms with van der Waals surface area (Å²) in [5.74, 6) is 3.03. The van der Waals surface area contributed by atoms with Crippen LogP contribution < -0.4 is 9.47 Å². The fourth-order valence-electron chi connectivity index (χ4n) is 14.4. The molecule has 4 aromatic rings. The molecule has 0 aromatic heterocycles. The number of carboxylic acids is 2. The number of nitro groups is 2. The van der Waals surface area contributed by atoms with Gasteiger partial charge in [0.2, 0.25) is 0 Å². The lowest BCUT2D eigenvalue weighted by Gasteiger charge is -2.61. The summed E-state index contributed by atoms with van der Waals surface area (Å²) in [5.41, 5.74) is 2.16. The first-order valence-electron chi connectivity index (χ1n) is 26.3. The van der Waals surface area contributed by atoms with Crippen LogP contribution in [-0.4, -0.2) is 32.0 Å². The molecule has 4 aromatic carbocycles. The summed E-state index contributed by atoms with van der Waals surface area (Å²) >= 11 is 13.8. The van der Waals surface area contributed by atoms with Gasteiger partial charge in [-0.3, -0.25) is 20.2 Å².